The summed E-state index contributed by atoms with van der Waals surface area (Å²) >= 11 is 0. The molecule has 2 heterocycles. The van der Waals surface area contributed by atoms with E-state index >= 15 is 0 Å². The van der Waals surface area contributed by atoms with Crippen molar-refractivity contribution in [2.24, 2.45) is 5.73 Å². The van der Waals surface area contributed by atoms with Crippen LogP contribution in [0.25, 0.3) is 5.82 Å². The molecule has 0 fully saturated rings. The van der Waals surface area contributed by atoms with Crippen LogP contribution < -0.4 is 11.1 Å². The number of aromatic nitrogens is 3. The number of Topliss-reactive ketones (excluding diaryl/α,β-unsaturated/α-hetero) is 1. The van der Waals surface area contributed by atoms with E-state index in [1.165, 1.54) is 35.2 Å². The minimum absolute atomic E-state index is 0.112. The molecule has 27 heavy (non-hydrogen) atoms. The molecular weight excluding hydrogens is 350 g/mol. The second kappa shape index (κ2) is 7.56. The highest BCUT2D eigenvalue weighted by atomic mass is 16.2. The number of carbonyl (C=O) groups excluding carboxylic acids is 4. The highest BCUT2D eigenvalue weighted by Crippen LogP contribution is 2.15. The SMILES string of the molecule is NC(=O)C(=O)C(CC1=CC=CC1=O)NC(=O)c1ccnn1-c1ccccn1. The zero-order chi connectivity index (χ0) is 19.4. The van der Waals surface area contributed by atoms with E-state index in [0.717, 1.165) is 0 Å². The van der Waals surface area contributed by atoms with E-state index in [1.807, 2.05) is 0 Å². The van der Waals surface area contributed by atoms with Crippen molar-refractivity contribution in [3.05, 3.63) is 66.2 Å². The van der Waals surface area contributed by atoms with Crippen molar-refractivity contribution in [1.29, 1.82) is 0 Å². The Morgan fingerprint density at radius 1 is 1.19 bits per heavy atom. The number of carbonyl (C=O) groups is 4. The summed E-state index contributed by atoms with van der Waals surface area (Å²) in [6, 6.07) is 5.28. The number of allylic oxidation sites excluding steroid dienone is 3. The second-order valence-corrected chi connectivity index (χ2v) is 5.69. The molecule has 2 aromatic rings. The first-order valence-electron chi connectivity index (χ1n) is 7.99. The lowest BCUT2D eigenvalue weighted by molar-refractivity contribution is -0.137. The zero-order valence-electron chi connectivity index (χ0n) is 14.0. The lowest BCUT2D eigenvalue weighted by Gasteiger charge is -2.16. The quantitative estimate of drug-likeness (QED) is 0.656. The van der Waals surface area contributed by atoms with Gasteiger partial charge in [0.1, 0.15) is 11.7 Å². The number of nitrogens with one attached hydrogen (secondary N) is 1. The predicted octanol–water partition coefficient (Wildman–Crippen LogP) is -0.124. The molecule has 0 radical (unpaired) electrons. The summed E-state index contributed by atoms with van der Waals surface area (Å²) < 4.78 is 1.29. The van der Waals surface area contributed by atoms with Crippen molar-refractivity contribution in [2.45, 2.75) is 12.5 Å². The maximum Gasteiger partial charge on any atom is 0.287 e. The minimum atomic E-state index is -1.27. The first-order chi connectivity index (χ1) is 13.0. The van der Waals surface area contributed by atoms with Gasteiger partial charge in [-0.1, -0.05) is 18.2 Å². The molecule has 2 amide bonds. The lowest BCUT2D eigenvalue weighted by atomic mass is 10.0. The topological polar surface area (TPSA) is 137 Å². The van der Waals surface area contributed by atoms with Crippen LogP contribution in [0.5, 0.6) is 0 Å². The molecule has 0 saturated carbocycles. The van der Waals surface area contributed by atoms with Gasteiger partial charge in [-0.15, -0.1) is 0 Å². The summed E-state index contributed by atoms with van der Waals surface area (Å²) in [5.41, 5.74) is 5.48. The molecule has 136 valence electrons. The Morgan fingerprint density at radius 3 is 2.63 bits per heavy atom. The number of rotatable bonds is 7. The van der Waals surface area contributed by atoms with Crippen molar-refractivity contribution in [2.75, 3.05) is 0 Å². The van der Waals surface area contributed by atoms with Gasteiger partial charge in [0.25, 0.3) is 11.8 Å². The monoisotopic (exact) mass is 365 g/mol. The van der Waals surface area contributed by atoms with Gasteiger partial charge in [0.05, 0.1) is 6.20 Å². The van der Waals surface area contributed by atoms with Crippen LogP contribution in [0.15, 0.2) is 60.5 Å². The van der Waals surface area contributed by atoms with Gasteiger partial charge in [0.15, 0.2) is 11.6 Å². The first-order valence-corrected chi connectivity index (χ1v) is 7.99. The highest BCUT2D eigenvalue weighted by Gasteiger charge is 2.29. The van der Waals surface area contributed by atoms with Crippen LogP contribution >= 0.6 is 0 Å². The van der Waals surface area contributed by atoms with Crippen LogP contribution in [-0.2, 0) is 14.4 Å². The molecule has 0 aliphatic heterocycles. The van der Waals surface area contributed by atoms with Crippen LogP contribution in [0, 0.1) is 0 Å². The fraction of sp³-hybridized carbons (Fsp3) is 0.111. The number of hydrogen-bond donors (Lipinski definition) is 2. The maximum atomic E-state index is 12.7. The molecule has 2 aromatic heterocycles. The average Bonchev–Trinajstić information content (AvgIpc) is 3.30. The average molecular weight is 365 g/mol. The summed E-state index contributed by atoms with van der Waals surface area (Å²) in [7, 11) is 0. The van der Waals surface area contributed by atoms with Crippen molar-refractivity contribution in [3.63, 3.8) is 0 Å². The molecule has 1 unspecified atom stereocenters. The predicted molar refractivity (Wildman–Crippen MR) is 93.7 cm³/mol. The van der Waals surface area contributed by atoms with Crippen molar-refractivity contribution in [3.8, 4) is 5.82 Å². The summed E-state index contributed by atoms with van der Waals surface area (Å²) in [5.74, 6) is -2.73. The molecule has 0 aromatic carbocycles. The van der Waals surface area contributed by atoms with Gasteiger partial charge < -0.3 is 11.1 Å². The third kappa shape index (κ3) is 3.87. The molecule has 0 saturated heterocycles. The zero-order valence-corrected chi connectivity index (χ0v) is 14.0. The van der Waals surface area contributed by atoms with E-state index in [4.69, 9.17) is 5.73 Å². The van der Waals surface area contributed by atoms with Crippen LogP contribution in [0.3, 0.4) is 0 Å². The number of ketones is 2. The molecule has 3 rings (SSSR count). The Kier molecular flexibility index (Phi) is 5.02. The smallest absolute Gasteiger partial charge is 0.287 e. The molecule has 1 aliphatic rings. The van der Waals surface area contributed by atoms with Gasteiger partial charge in [0.2, 0.25) is 5.78 Å². The molecule has 9 heteroatoms. The first kappa shape index (κ1) is 17.9. The minimum Gasteiger partial charge on any atom is -0.363 e. The highest BCUT2D eigenvalue weighted by molar-refractivity contribution is 6.38. The number of primary amides is 1. The Bertz CT molecular complexity index is 975. The second-order valence-electron chi connectivity index (χ2n) is 5.69. The van der Waals surface area contributed by atoms with Crippen molar-refractivity contribution < 1.29 is 19.2 Å². The van der Waals surface area contributed by atoms with Crippen LogP contribution in [0.4, 0.5) is 0 Å². The van der Waals surface area contributed by atoms with E-state index in [2.05, 4.69) is 15.4 Å². The van der Waals surface area contributed by atoms with E-state index in [1.54, 1.807) is 24.4 Å². The number of nitrogens with two attached hydrogens (primary N) is 1. The maximum absolute atomic E-state index is 12.7. The van der Waals surface area contributed by atoms with Crippen LogP contribution in [0.1, 0.15) is 16.9 Å². The fourth-order valence-electron chi connectivity index (χ4n) is 2.58. The van der Waals surface area contributed by atoms with Gasteiger partial charge in [0, 0.05) is 18.2 Å². The molecule has 0 spiro atoms. The van der Waals surface area contributed by atoms with E-state index < -0.39 is 23.6 Å². The molecule has 1 atom stereocenters. The molecule has 3 N–H and O–H groups in total. The molecule has 9 nitrogen and oxygen atoms in total. The number of pyridine rings is 1. The van der Waals surface area contributed by atoms with Crippen LogP contribution in [0.2, 0.25) is 0 Å². The number of amides is 2. The molecule has 0 bridgehead atoms. The van der Waals surface area contributed by atoms with Gasteiger partial charge >= 0.3 is 0 Å². The summed E-state index contributed by atoms with van der Waals surface area (Å²) in [6.07, 6.45) is 7.19. The number of hydrogen-bond acceptors (Lipinski definition) is 6. The third-order valence-electron chi connectivity index (χ3n) is 3.89. The lowest BCUT2D eigenvalue weighted by Crippen LogP contribution is -2.47. The standard InChI is InChI=1S/C18H15N5O4/c19-17(26)16(25)12(10-11-4-3-5-14(11)24)22-18(27)13-7-9-21-23(13)15-6-1-2-8-20-15/h1-9,12H,10H2,(H2,19,26)(H,22,27). The summed E-state index contributed by atoms with van der Waals surface area (Å²) in [4.78, 5) is 52.0. The van der Waals surface area contributed by atoms with Gasteiger partial charge in [-0.05, 0) is 24.3 Å². The normalized spacial score (nSPS) is 13.9. The summed E-state index contributed by atoms with van der Waals surface area (Å²) in [5, 5.41) is 6.51. The number of nitrogens with zero attached hydrogens (tertiary/aromatic N) is 3. The fourth-order valence-corrected chi connectivity index (χ4v) is 2.58. The van der Waals surface area contributed by atoms with E-state index in [0.29, 0.717) is 11.4 Å². The third-order valence-corrected chi connectivity index (χ3v) is 3.89. The van der Waals surface area contributed by atoms with Crippen molar-refractivity contribution in [1.82, 2.24) is 20.1 Å². The van der Waals surface area contributed by atoms with Crippen molar-refractivity contribution >= 4 is 23.4 Å². The summed E-state index contributed by atoms with van der Waals surface area (Å²) in [6.45, 7) is 0. The van der Waals surface area contributed by atoms with Gasteiger partial charge in [-0.2, -0.15) is 5.10 Å². The van der Waals surface area contributed by atoms with E-state index in [9.17, 15) is 19.2 Å². The van der Waals surface area contributed by atoms with Gasteiger partial charge in [-0.25, -0.2) is 9.67 Å². The Hall–Kier alpha value is -3.88. The molecule has 1 aliphatic carbocycles. The van der Waals surface area contributed by atoms with Gasteiger partial charge in [-0.3, -0.25) is 19.2 Å². The van der Waals surface area contributed by atoms with Crippen LogP contribution in [-0.4, -0.2) is 44.2 Å². The van der Waals surface area contributed by atoms with E-state index in [-0.39, 0.29) is 17.9 Å². The Balaban J connectivity index is 1.83. The molecular formula is C18H15N5O4. The Labute approximate surface area is 153 Å². The largest absolute Gasteiger partial charge is 0.363 e. The Morgan fingerprint density at radius 2 is 2.00 bits per heavy atom.